The first-order chi connectivity index (χ1) is 16.7. The van der Waals surface area contributed by atoms with Crippen LogP contribution in [0.1, 0.15) is 47.8 Å². The van der Waals surface area contributed by atoms with E-state index in [1.54, 1.807) is 19.2 Å². The number of benzene rings is 2. The Morgan fingerprint density at radius 1 is 1.08 bits per heavy atom. The van der Waals surface area contributed by atoms with Crippen molar-refractivity contribution in [1.29, 1.82) is 0 Å². The smallest absolute Gasteiger partial charge is 0.336 e. The number of sulfonamides is 1. The largest absolute Gasteiger partial charge is 0.496 e. The second kappa shape index (κ2) is 10.0. The van der Waals surface area contributed by atoms with Crippen molar-refractivity contribution in [3.63, 3.8) is 0 Å². The number of hydrogen-bond acceptors (Lipinski definition) is 6. The molecule has 0 saturated heterocycles. The van der Waals surface area contributed by atoms with E-state index in [2.05, 4.69) is 9.71 Å². The molecule has 3 N–H and O–H groups in total. The average Bonchev–Trinajstić information content (AvgIpc) is 2.75. The maximum Gasteiger partial charge on any atom is 0.336 e. The number of carboxylic acids is 1. The number of nitrogens with one attached hydrogen (secondary N) is 2. The van der Waals surface area contributed by atoms with E-state index in [0.717, 1.165) is 17.4 Å². The molecule has 10 nitrogen and oxygen atoms in total. The van der Waals surface area contributed by atoms with Crippen molar-refractivity contribution in [1.82, 2.24) is 9.55 Å². The van der Waals surface area contributed by atoms with Gasteiger partial charge in [0.15, 0.2) is 0 Å². The number of aromatic nitrogens is 2. The van der Waals surface area contributed by atoms with Crippen LogP contribution in [0.15, 0.2) is 52.2 Å². The fourth-order valence-corrected chi connectivity index (χ4v) is 4.51. The predicted octanol–water partition coefficient (Wildman–Crippen LogP) is 2.69. The van der Waals surface area contributed by atoms with Crippen molar-refractivity contribution < 1.29 is 23.1 Å². The summed E-state index contributed by atoms with van der Waals surface area (Å²) in [4.78, 5) is 38.1. The highest BCUT2D eigenvalue weighted by Crippen LogP contribution is 2.37. The van der Waals surface area contributed by atoms with Crippen LogP contribution in [0.2, 0.25) is 0 Å². The third-order valence-corrected chi connectivity index (χ3v) is 6.18. The molecular weight excluding hydrogens is 486 g/mol. The van der Waals surface area contributed by atoms with E-state index < -0.39 is 27.2 Å². The Bertz CT molecular complexity index is 1530. The quantitative estimate of drug-likeness (QED) is 0.418. The van der Waals surface area contributed by atoms with E-state index >= 15 is 0 Å². The monoisotopic (exact) mass is 515 g/mol. The van der Waals surface area contributed by atoms with Gasteiger partial charge in [-0.1, -0.05) is 26.8 Å². The van der Waals surface area contributed by atoms with Gasteiger partial charge in [-0.05, 0) is 53.6 Å². The van der Waals surface area contributed by atoms with Crippen molar-refractivity contribution in [2.75, 3.05) is 18.1 Å². The summed E-state index contributed by atoms with van der Waals surface area (Å²) in [5.74, 6) is -0.561. The molecule has 3 rings (SSSR count). The minimum absolute atomic E-state index is 0.0216. The summed E-state index contributed by atoms with van der Waals surface area (Å²) in [6, 6.07) is 9.23. The number of rotatable bonds is 8. The van der Waals surface area contributed by atoms with E-state index in [4.69, 9.17) is 4.74 Å². The molecule has 11 heteroatoms. The van der Waals surface area contributed by atoms with Gasteiger partial charge in [-0.3, -0.25) is 19.1 Å². The number of aryl methyl sites for hydroxylation is 2. The molecule has 2 aromatic carbocycles. The van der Waals surface area contributed by atoms with Gasteiger partial charge in [-0.15, -0.1) is 0 Å². The van der Waals surface area contributed by atoms with E-state index in [9.17, 15) is 27.9 Å². The molecule has 0 aliphatic heterocycles. The lowest BCUT2D eigenvalue weighted by atomic mass is 9.84. The number of nitrogens with zero attached hydrogens (tertiary/aromatic N) is 1. The van der Waals surface area contributed by atoms with Gasteiger partial charge in [0.2, 0.25) is 10.0 Å². The maximum atomic E-state index is 12.5. The Labute approximate surface area is 208 Å². The topological polar surface area (TPSA) is 148 Å². The molecular formula is C25H29N3O7S. The molecule has 0 aliphatic rings. The molecule has 3 aromatic rings. The van der Waals surface area contributed by atoms with Crippen molar-refractivity contribution >= 4 is 21.7 Å². The Hall–Kier alpha value is -3.86. The molecule has 0 atom stereocenters. The van der Waals surface area contributed by atoms with Crippen LogP contribution in [0.3, 0.4) is 0 Å². The Kier molecular flexibility index (Phi) is 7.44. The Balaban J connectivity index is 2.09. The number of ether oxygens (including phenoxy) is 1. The SMILES string of the molecule is COc1c(CCc2ccc(NS(C)(=O)=O)cc2C(=O)O)cc(-n2ccc(=O)[nH]c2=O)cc1C(C)(C)C. The zero-order valence-electron chi connectivity index (χ0n) is 20.7. The number of carboxylic acid groups (broad SMARTS) is 1. The zero-order chi connectivity index (χ0) is 26.8. The number of carbonyl (C=O) groups is 1. The summed E-state index contributed by atoms with van der Waals surface area (Å²) >= 11 is 0. The molecule has 0 aliphatic carbocycles. The van der Waals surface area contributed by atoms with Gasteiger partial charge in [-0.2, -0.15) is 0 Å². The van der Waals surface area contributed by atoms with Crippen LogP contribution in [0.5, 0.6) is 5.75 Å². The normalized spacial score (nSPS) is 11.8. The number of anilines is 1. The first-order valence-corrected chi connectivity index (χ1v) is 13.0. The molecule has 192 valence electrons. The lowest BCUT2D eigenvalue weighted by molar-refractivity contribution is 0.0695. The lowest BCUT2D eigenvalue weighted by Gasteiger charge is -2.25. The Morgan fingerprint density at radius 3 is 2.31 bits per heavy atom. The van der Waals surface area contributed by atoms with Crippen LogP contribution in [0.25, 0.3) is 5.69 Å². The molecule has 1 heterocycles. The minimum atomic E-state index is -3.56. The van der Waals surface area contributed by atoms with Gasteiger partial charge in [0.1, 0.15) is 5.75 Å². The fraction of sp³-hybridized carbons (Fsp3) is 0.320. The van der Waals surface area contributed by atoms with Crippen molar-refractivity contribution in [2.45, 2.75) is 39.0 Å². The van der Waals surface area contributed by atoms with Gasteiger partial charge >= 0.3 is 11.7 Å². The summed E-state index contributed by atoms with van der Waals surface area (Å²) in [6.07, 6.45) is 3.07. The van der Waals surface area contributed by atoms with E-state index in [1.165, 1.54) is 29.0 Å². The average molecular weight is 516 g/mol. The highest BCUT2D eigenvalue weighted by Gasteiger charge is 2.24. The van der Waals surface area contributed by atoms with Gasteiger partial charge in [0.25, 0.3) is 5.56 Å². The highest BCUT2D eigenvalue weighted by atomic mass is 32.2. The fourth-order valence-electron chi connectivity index (χ4n) is 3.96. The zero-order valence-corrected chi connectivity index (χ0v) is 21.5. The number of H-pyrrole nitrogens is 1. The highest BCUT2D eigenvalue weighted by molar-refractivity contribution is 7.92. The van der Waals surface area contributed by atoms with E-state index in [0.29, 0.717) is 29.8 Å². The van der Waals surface area contributed by atoms with Crippen LogP contribution < -0.4 is 20.7 Å². The molecule has 0 saturated carbocycles. The van der Waals surface area contributed by atoms with Gasteiger partial charge in [0, 0.05) is 23.5 Å². The van der Waals surface area contributed by atoms with Gasteiger partial charge < -0.3 is 9.84 Å². The summed E-state index contributed by atoms with van der Waals surface area (Å²) in [5, 5.41) is 9.71. The second-order valence-corrected chi connectivity index (χ2v) is 11.2. The molecule has 0 radical (unpaired) electrons. The van der Waals surface area contributed by atoms with Crippen molar-refractivity contribution in [2.24, 2.45) is 0 Å². The van der Waals surface area contributed by atoms with E-state index in [-0.39, 0.29) is 16.7 Å². The molecule has 36 heavy (non-hydrogen) atoms. The maximum absolute atomic E-state index is 12.5. The van der Waals surface area contributed by atoms with E-state index in [1.807, 2.05) is 26.8 Å². The number of methoxy groups -OCH3 is 1. The molecule has 1 aromatic heterocycles. The number of aromatic amines is 1. The number of hydrogen-bond donors (Lipinski definition) is 3. The van der Waals surface area contributed by atoms with Crippen molar-refractivity contribution in [3.8, 4) is 11.4 Å². The molecule has 0 bridgehead atoms. The van der Waals surface area contributed by atoms with Gasteiger partial charge in [0.05, 0.1) is 24.6 Å². The third-order valence-electron chi connectivity index (χ3n) is 5.57. The summed E-state index contributed by atoms with van der Waals surface area (Å²) < 4.78 is 32.4. The summed E-state index contributed by atoms with van der Waals surface area (Å²) in [6.45, 7) is 6.01. The number of aromatic carboxylic acids is 1. The summed E-state index contributed by atoms with van der Waals surface area (Å²) in [5.41, 5.74) is 1.31. The van der Waals surface area contributed by atoms with Crippen LogP contribution in [0, 0.1) is 0 Å². The third kappa shape index (κ3) is 6.22. The first-order valence-electron chi connectivity index (χ1n) is 11.1. The molecule has 0 unspecified atom stereocenters. The lowest BCUT2D eigenvalue weighted by Crippen LogP contribution is -2.28. The van der Waals surface area contributed by atoms with Crippen LogP contribution in [-0.4, -0.2) is 42.4 Å². The standard InChI is InChI=1S/C25H29N3O7S/c1-25(2,3)20-14-18(28-11-10-21(29)26-24(28)32)12-16(22(20)35-4)7-6-15-8-9-17(27-36(5,33)34)13-19(15)23(30)31/h8-14,27H,6-7H2,1-5H3,(H,30,31)(H,26,29,32). The molecule has 0 amide bonds. The van der Waals surface area contributed by atoms with Gasteiger partial charge in [-0.25, -0.2) is 18.0 Å². The predicted molar refractivity (Wildman–Crippen MR) is 137 cm³/mol. The Morgan fingerprint density at radius 2 is 1.75 bits per heavy atom. The van der Waals surface area contributed by atoms with Crippen LogP contribution in [-0.2, 0) is 28.3 Å². The van der Waals surface area contributed by atoms with Crippen LogP contribution >= 0.6 is 0 Å². The molecule has 0 spiro atoms. The van der Waals surface area contributed by atoms with Crippen molar-refractivity contribution in [3.05, 3.63) is 85.7 Å². The second-order valence-electron chi connectivity index (χ2n) is 9.47. The van der Waals surface area contributed by atoms with Crippen LogP contribution in [0.4, 0.5) is 5.69 Å². The minimum Gasteiger partial charge on any atom is -0.496 e. The first kappa shape index (κ1) is 26.7. The summed E-state index contributed by atoms with van der Waals surface area (Å²) in [7, 11) is -2.01. The molecule has 0 fully saturated rings.